The predicted molar refractivity (Wildman–Crippen MR) is 114 cm³/mol. The number of carbonyl (C=O) groups excluding carboxylic acids is 3. The van der Waals surface area contributed by atoms with Gasteiger partial charge in [-0.25, -0.2) is 0 Å². The Morgan fingerprint density at radius 1 is 1.15 bits per heavy atom. The monoisotopic (exact) mass is 453 g/mol. The van der Waals surface area contributed by atoms with Crippen LogP contribution in [0.5, 0.6) is 0 Å². The summed E-state index contributed by atoms with van der Waals surface area (Å²) in [6, 6.07) is 12.9. The summed E-state index contributed by atoms with van der Waals surface area (Å²) >= 11 is 0. The second kappa shape index (κ2) is 7.93. The van der Waals surface area contributed by atoms with Crippen LogP contribution in [0.1, 0.15) is 38.6 Å². The third-order valence-electron chi connectivity index (χ3n) is 6.11. The molecule has 168 valence electrons. The van der Waals surface area contributed by atoms with Crippen LogP contribution in [-0.2, 0) is 16.1 Å². The highest BCUT2D eigenvalue weighted by atomic mass is 19.4. The molecule has 2 heterocycles. The number of hydrogen-bond acceptors (Lipinski definition) is 4. The number of aromatic nitrogens is 1. The van der Waals surface area contributed by atoms with E-state index in [1.165, 1.54) is 16.7 Å². The second-order valence-electron chi connectivity index (χ2n) is 7.89. The van der Waals surface area contributed by atoms with Crippen molar-refractivity contribution >= 4 is 28.4 Å². The van der Waals surface area contributed by atoms with Crippen molar-refractivity contribution in [2.75, 3.05) is 7.11 Å². The van der Waals surface area contributed by atoms with Crippen molar-refractivity contribution in [1.29, 1.82) is 0 Å². The maximum Gasteiger partial charge on any atom is 0.454 e. The third kappa shape index (κ3) is 3.50. The molecule has 0 spiro atoms. The molecular formula is C25H18F3NO4. The molecule has 0 bridgehead atoms. The number of terminal acetylenes is 1. The number of nitrogens with zero attached hydrogens (tertiary/aromatic N) is 1. The van der Waals surface area contributed by atoms with E-state index in [2.05, 4.69) is 5.92 Å². The molecule has 0 saturated heterocycles. The fourth-order valence-electron chi connectivity index (χ4n) is 4.58. The van der Waals surface area contributed by atoms with Crippen LogP contribution in [0.4, 0.5) is 13.2 Å². The van der Waals surface area contributed by atoms with E-state index in [0.717, 1.165) is 13.3 Å². The largest absolute Gasteiger partial charge is 0.468 e. The Morgan fingerprint density at radius 3 is 2.45 bits per heavy atom. The number of ketones is 2. The molecule has 2 unspecified atom stereocenters. The average Bonchev–Trinajstić information content (AvgIpc) is 3.18. The van der Waals surface area contributed by atoms with Gasteiger partial charge in [0, 0.05) is 29.5 Å². The predicted octanol–water partition coefficient (Wildman–Crippen LogP) is 4.55. The summed E-state index contributed by atoms with van der Waals surface area (Å²) in [5.74, 6) is -1.46. The maximum atomic E-state index is 13.2. The summed E-state index contributed by atoms with van der Waals surface area (Å²) in [5.41, 5.74) is -1.03. The highest BCUT2D eigenvalue weighted by Crippen LogP contribution is 2.49. The van der Waals surface area contributed by atoms with E-state index >= 15 is 0 Å². The van der Waals surface area contributed by atoms with Gasteiger partial charge < -0.3 is 9.30 Å². The lowest BCUT2D eigenvalue weighted by atomic mass is 9.67. The minimum Gasteiger partial charge on any atom is -0.468 e. The average molecular weight is 453 g/mol. The van der Waals surface area contributed by atoms with E-state index < -0.39 is 34.8 Å². The summed E-state index contributed by atoms with van der Waals surface area (Å²) in [5, 5.41) is 0.0856. The van der Waals surface area contributed by atoms with Gasteiger partial charge in [-0.3, -0.25) is 14.4 Å². The first-order valence-electron chi connectivity index (χ1n) is 10.0. The lowest BCUT2D eigenvalue weighted by molar-refractivity contribution is -0.151. The van der Waals surface area contributed by atoms with E-state index in [-0.39, 0.29) is 24.1 Å². The number of methoxy groups -OCH3 is 1. The quantitative estimate of drug-likeness (QED) is 0.323. The van der Waals surface area contributed by atoms with E-state index in [1.54, 1.807) is 36.4 Å². The van der Waals surface area contributed by atoms with Crippen LogP contribution in [0.15, 0.2) is 54.7 Å². The molecule has 33 heavy (non-hydrogen) atoms. The Morgan fingerprint density at radius 2 is 1.85 bits per heavy atom. The van der Waals surface area contributed by atoms with Crippen LogP contribution in [0, 0.1) is 17.8 Å². The van der Waals surface area contributed by atoms with E-state index in [1.807, 2.05) is 0 Å². The molecule has 8 heteroatoms. The Balaban J connectivity index is 1.93. The fraction of sp³-hybridized carbons (Fsp3) is 0.240. The van der Waals surface area contributed by atoms with Gasteiger partial charge >= 0.3 is 12.1 Å². The molecule has 1 aromatic heterocycles. The van der Waals surface area contributed by atoms with Crippen molar-refractivity contribution in [3.05, 3.63) is 71.4 Å². The molecule has 5 nitrogen and oxygen atoms in total. The highest BCUT2D eigenvalue weighted by molar-refractivity contribution is 6.11. The highest BCUT2D eigenvalue weighted by Gasteiger charge is 2.51. The molecule has 1 aliphatic heterocycles. The number of benzene rings is 2. The summed E-state index contributed by atoms with van der Waals surface area (Å²) in [6.07, 6.45) is 1.64. The van der Waals surface area contributed by atoms with Crippen LogP contribution in [0.3, 0.4) is 0 Å². The van der Waals surface area contributed by atoms with Gasteiger partial charge in [0.1, 0.15) is 0 Å². The van der Waals surface area contributed by atoms with Gasteiger partial charge in [-0.05, 0) is 5.56 Å². The summed E-state index contributed by atoms with van der Waals surface area (Å²) in [6.45, 7) is -0.235. The van der Waals surface area contributed by atoms with Crippen LogP contribution in [0.25, 0.3) is 10.9 Å². The molecule has 0 radical (unpaired) electrons. The Bertz CT molecular complexity index is 1320. The maximum absolute atomic E-state index is 13.2. The van der Waals surface area contributed by atoms with Gasteiger partial charge in [0.05, 0.1) is 24.7 Å². The first-order chi connectivity index (χ1) is 15.6. The number of halogens is 3. The SMILES string of the molecule is C#CC1(C(=O)OC)Cn2cc(C(=O)C(F)(F)F)c3cccc(c32)C1CC(=O)c1ccccc1. The van der Waals surface area contributed by atoms with Gasteiger partial charge in [0.2, 0.25) is 0 Å². The number of esters is 1. The van der Waals surface area contributed by atoms with Crippen LogP contribution in [0.2, 0.25) is 0 Å². The minimum atomic E-state index is -5.07. The fourth-order valence-corrected chi connectivity index (χ4v) is 4.58. The zero-order chi connectivity index (χ0) is 24.0. The number of ether oxygens (including phenoxy) is 1. The van der Waals surface area contributed by atoms with Crippen LogP contribution >= 0.6 is 0 Å². The standard InChI is InChI=1S/C25H18F3NO4/c1-3-24(23(32)33-2)14-29-13-18(22(31)25(26,27)28)16-10-7-11-17(21(16)29)19(24)12-20(30)15-8-5-4-6-9-15/h1,4-11,13,19H,12,14H2,2H3. The molecular weight excluding hydrogens is 435 g/mol. The van der Waals surface area contributed by atoms with Crippen molar-refractivity contribution in [2.24, 2.45) is 5.41 Å². The Kier molecular flexibility index (Phi) is 5.36. The molecule has 0 amide bonds. The molecule has 4 rings (SSSR count). The van der Waals surface area contributed by atoms with Crippen LogP contribution in [-0.4, -0.2) is 35.4 Å². The molecule has 0 aliphatic carbocycles. The Labute approximate surface area is 187 Å². The molecule has 3 aromatic rings. The minimum absolute atomic E-state index is 0.0856. The second-order valence-corrected chi connectivity index (χ2v) is 7.89. The summed E-state index contributed by atoms with van der Waals surface area (Å²) in [4.78, 5) is 38.1. The number of hydrogen-bond donors (Lipinski definition) is 0. The van der Waals surface area contributed by atoms with Crippen molar-refractivity contribution in [2.45, 2.75) is 25.1 Å². The van der Waals surface area contributed by atoms with Gasteiger partial charge in [0.25, 0.3) is 5.78 Å². The normalized spacial score (nSPS) is 19.7. The molecule has 0 saturated carbocycles. The lowest BCUT2D eigenvalue weighted by Gasteiger charge is -2.38. The number of alkyl halides is 3. The number of rotatable bonds is 5. The van der Waals surface area contributed by atoms with Gasteiger partial charge in [-0.15, -0.1) is 6.42 Å². The van der Waals surface area contributed by atoms with E-state index in [9.17, 15) is 27.6 Å². The Hall–Kier alpha value is -3.86. The molecule has 0 N–H and O–H groups in total. The van der Waals surface area contributed by atoms with Crippen LogP contribution < -0.4 is 0 Å². The van der Waals surface area contributed by atoms with E-state index in [0.29, 0.717) is 16.6 Å². The van der Waals surface area contributed by atoms with Crippen molar-refractivity contribution in [3.8, 4) is 12.3 Å². The molecule has 2 atom stereocenters. The molecule has 0 fully saturated rings. The third-order valence-corrected chi connectivity index (χ3v) is 6.11. The van der Waals surface area contributed by atoms with Gasteiger partial charge in [-0.1, -0.05) is 54.5 Å². The lowest BCUT2D eigenvalue weighted by Crippen LogP contribution is -2.44. The van der Waals surface area contributed by atoms with Crippen molar-refractivity contribution in [1.82, 2.24) is 4.57 Å². The zero-order valence-corrected chi connectivity index (χ0v) is 17.5. The smallest absolute Gasteiger partial charge is 0.454 e. The van der Waals surface area contributed by atoms with Gasteiger partial charge in [0.15, 0.2) is 11.2 Å². The molecule has 1 aliphatic rings. The topological polar surface area (TPSA) is 65.4 Å². The zero-order valence-electron chi connectivity index (χ0n) is 17.5. The summed E-state index contributed by atoms with van der Waals surface area (Å²) in [7, 11) is 1.15. The van der Waals surface area contributed by atoms with Crippen molar-refractivity contribution < 1.29 is 32.3 Å². The van der Waals surface area contributed by atoms with E-state index in [4.69, 9.17) is 11.2 Å². The summed E-state index contributed by atoms with van der Waals surface area (Å²) < 4.78 is 46.0. The first-order valence-corrected chi connectivity index (χ1v) is 10.0. The number of Topliss-reactive ketones (excluding diaryl/α,β-unsaturated/α-hetero) is 2. The number of para-hydroxylation sites is 1. The number of carbonyl (C=O) groups is 3. The first kappa shape index (κ1) is 22.3. The molecule has 2 aromatic carbocycles. The van der Waals surface area contributed by atoms with Crippen molar-refractivity contribution in [3.63, 3.8) is 0 Å². The van der Waals surface area contributed by atoms with Gasteiger partial charge in [-0.2, -0.15) is 13.2 Å².